The molecule has 0 heterocycles. The number of nitrogens with one attached hydrogen (secondary N) is 9. The summed E-state index contributed by atoms with van der Waals surface area (Å²) in [4.78, 5) is 167. The van der Waals surface area contributed by atoms with E-state index in [4.69, 9.17) is 28.7 Å². The molecule has 0 aliphatic carbocycles. The van der Waals surface area contributed by atoms with Crippen molar-refractivity contribution in [2.24, 2.45) is 40.5 Å². The molecule has 1 aromatic rings. The number of carbonyl (C=O) groups excluding carboxylic acids is 12. The van der Waals surface area contributed by atoms with Gasteiger partial charge in [0.25, 0.3) is 0 Å². The number of hydrogen-bond acceptors (Lipinski definition) is 16. The number of aliphatic hydroxyl groups excluding tert-OH is 1. The predicted octanol–water partition coefficient (Wildman–Crippen LogP) is -6.50. The van der Waals surface area contributed by atoms with Gasteiger partial charge in [0.2, 0.25) is 70.9 Å². The quantitative estimate of drug-likeness (QED) is 0.0276. The number of carboxylic acid groups (broad SMARTS) is 1. The van der Waals surface area contributed by atoms with Gasteiger partial charge in [-0.1, -0.05) is 58.0 Å². The Morgan fingerprint density at radius 3 is 1.49 bits per heavy atom. The Kier molecular flexibility index (Phi) is 30.2. The van der Waals surface area contributed by atoms with Crippen molar-refractivity contribution in [2.75, 3.05) is 26.2 Å². The molecule has 0 bridgehead atoms. The van der Waals surface area contributed by atoms with Crippen LogP contribution in [0.1, 0.15) is 91.0 Å². The number of carboxylic acids is 1. The number of primary amides is 3. The molecular formula is C47H76N14O15. The molecular weight excluding hydrogens is 1000 g/mol. The number of unbranched alkanes of at least 4 members (excludes halogenated alkanes) is 1. The van der Waals surface area contributed by atoms with Crippen LogP contribution in [0.2, 0.25) is 0 Å². The van der Waals surface area contributed by atoms with Crippen LogP contribution in [-0.4, -0.2) is 162 Å². The van der Waals surface area contributed by atoms with Gasteiger partial charge in [-0.2, -0.15) is 0 Å². The van der Waals surface area contributed by atoms with E-state index in [9.17, 15) is 72.5 Å². The van der Waals surface area contributed by atoms with E-state index in [1.807, 2.05) is 13.8 Å². The van der Waals surface area contributed by atoms with Gasteiger partial charge in [-0.15, -0.1) is 0 Å². The van der Waals surface area contributed by atoms with Crippen molar-refractivity contribution in [2.45, 2.75) is 140 Å². The predicted molar refractivity (Wildman–Crippen MR) is 270 cm³/mol. The normalized spacial score (nSPS) is 14.1. The number of nitrogens with two attached hydrogens (primary N) is 5. The first-order valence-corrected chi connectivity index (χ1v) is 24.5. The monoisotopic (exact) mass is 1080 g/mol. The number of carbonyl (C=O) groups is 13. The summed E-state index contributed by atoms with van der Waals surface area (Å²) >= 11 is 0. The topological polar surface area (TPSA) is 501 Å². The summed E-state index contributed by atoms with van der Waals surface area (Å²) in [6.07, 6.45) is -1.45. The van der Waals surface area contributed by atoms with E-state index in [2.05, 4.69) is 47.9 Å². The zero-order valence-corrected chi connectivity index (χ0v) is 43.1. The number of amides is 12. The Bertz CT molecular complexity index is 2180. The van der Waals surface area contributed by atoms with Crippen LogP contribution < -0.4 is 76.5 Å². The van der Waals surface area contributed by atoms with Gasteiger partial charge in [0.1, 0.15) is 42.3 Å². The van der Waals surface area contributed by atoms with E-state index in [1.54, 1.807) is 44.2 Å². The fourth-order valence-corrected chi connectivity index (χ4v) is 7.12. The van der Waals surface area contributed by atoms with Crippen LogP contribution in [0.5, 0.6) is 0 Å². The van der Waals surface area contributed by atoms with Crippen LogP contribution in [-0.2, 0) is 68.7 Å². The summed E-state index contributed by atoms with van der Waals surface area (Å²) in [5.74, 6) is -13.6. The van der Waals surface area contributed by atoms with E-state index >= 15 is 0 Å². The number of aliphatic hydroxyl groups is 1. The van der Waals surface area contributed by atoms with Crippen LogP contribution >= 0.6 is 0 Å². The van der Waals surface area contributed by atoms with Crippen LogP contribution in [0, 0.1) is 11.8 Å². The van der Waals surface area contributed by atoms with Crippen LogP contribution in [0.15, 0.2) is 30.3 Å². The molecule has 8 atom stereocenters. The number of hydrogen-bond donors (Lipinski definition) is 16. The molecule has 21 N–H and O–H groups in total. The average molecular weight is 1080 g/mol. The van der Waals surface area contributed by atoms with Gasteiger partial charge in [0, 0.05) is 12.8 Å². The molecule has 29 nitrogen and oxygen atoms in total. The average Bonchev–Trinajstić information content (AvgIpc) is 3.33. The van der Waals surface area contributed by atoms with Crippen molar-refractivity contribution in [3.05, 3.63) is 35.9 Å². The van der Waals surface area contributed by atoms with E-state index < -0.39 is 171 Å². The van der Waals surface area contributed by atoms with Crippen LogP contribution in [0.3, 0.4) is 0 Å². The third-order valence-corrected chi connectivity index (χ3v) is 11.0. The first kappa shape index (κ1) is 66.2. The van der Waals surface area contributed by atoms with Crippen LogP contribution in [0.25, 0.3) is 0 Å². The van der Waals surface area contributed by atoms with Crippen LogP contribution in [0.4, 0.5) is 0 Å². The van der Waals surface area contributed by atoms with E-state index in [1.165, 1.54) is 0 Å². The molecule has 29 heteroatoms. The molecule has 0 aromatic heterocycles. The molecule has 424 valence electrons. The lowest BCUT2D eigenvalue weighted by Crippen LogP contribution is -2.59. The molecule has 0 unspecified atom stereocenters. The second kappa shape index (κ2) is 34.7. The standard InChI is InChI=1S/C47H76N14O15/c1-24(2)16-27(49)40(68)56-28(12-8-9-15-48)42(70)57-29(13-14-35(50)63)43(71)59-31(19-36(51)64)41(69)54-21-38(66)53-22-39(67)55-32(20-37(52)65)45(73)58-30(18-26-10-6-5-7-11-26)44(72)61-34(23-62)46(74)60-33(47(75)76)17-25(3)4/h5-7,10-11,24-25,27-34,62H,8-9,12-23,48-49H2,1-4H3,(H2,50,63)(H2,51,64)(H2,52,65)(H,53,66)(H,54,69)(H,55,67)(H,56,68)(H,57,70)(H,58,73)(H,59,71)(H,60,74)(H,61,72)(H,75,76)/t27-,28-,29-,30-,31-,32-,33-,34-/m0/s1. The Morgan fingerprint density at radius 2 is 0.961 bits per heavy atom. The SMILES string of the molecule is CC(C)C[C@H](NC(=O)[C@H](CO)NC(=O)[C@H](Cc1ccccc1)NC(=O)[C@H](CC(N)=O)NC(=O)CNC(=O)CNC(=O)[C@H](CC(N)=O)NC(=O)[C@H](CCC(N)=O)NC(=O)[C@H](CCCCN)NC(=O)[C@@H](N)CC(C)C)C(=O)O. The summed E-state index contributed by atoms with van der Waals surface area (Å²) in [5.41, 5.74) is 28.1. The third-order valence-electron chi connectivity index (χ3n) is 11.0. The molecule has 0 aliphatic heterocycles. The first-order valence-electron chi connectivity index (χ1n) is 24.5. The van der Waals surface area contributed by atoms with E-state index in [0.717, 1.165) is 0 Å². The maximum Gasteiger partial charge on any atom is 0.326 e. The van der Waals surface area contributed by atoms with Crippen molar-refractivity contribution >= 4 is 76.9 Å². The molecule has 76 heavy (non-hydrogen) atoms. The maximum absolute atomic E-state index is 13.6. The lowest BCUT2D eigenvalue weighted by molar-refractivity contribution is -0.143. The molecule has 1 aromatic carbocycles. The Morgan fingerprint density at radius 1 is 0.500 bits per heavy atom. The smallest absolute Gasteiger partial charge is 0.326 e. The summed E-state index contributed by atoms with van der Waals surface area (Å²) in [6, 6.07) is -3.73. The number of benzene rings is 1. The minimum atomic E-state index is -1.77. The zero-order chi connectivity index (χ0) is 57.7. The lowest BCUT2D eigenvalue weighted by Gasteiger charge is -2.26. The van der Waals surface area contributed by atoms with Crippen molar-refractivity contribution in [3.8, 4) is 0 Å². The molecule has 0 saturated carbocycles. The van der Waals surface area contributed by atoms with Gasteiger partial charge in [0.15, 0.2) is 0 Å². The summed E-state index contributed by atoms with van der Waals surface area (Å²) in [7, 11) is 0. The Balaban J connectivity index is 3.15. The van der Waals surface area contributed by atoms with E-state index in [0.29, 0.717) is 24.8 Å². The molecule has 0 fully saturated rings. The number of aliphatic carboxylic acids is 1. The zero-order valence-electron chi connectivity index (χ0n) is 43.1. The van der Waals surface area contributed by atoms with Gasteiger partial charge in [-0.05, 0) is 62.5 Å². The second-order valence-corrected chi connectivity index (χ2v) is 18.7. The first-order chi connectivity index (χ1) is 35.7. The lowest BCUT2D eigenvalue weighted by atomic mass is 10.0. The second-order valence-electron chi connectivity index (χ2n) is 18.7. The maximum atomic E-state index is 13.6. The molecule has 1 rings (SSSR count). The summed E-state index contributed by atoms with van der Waals surface area (Å²) < 4.78 is 0. The summed E-state index contributed by atoms with van der Waals surface area (Å²) in [6.45, 7) is 4.67. The van der Waals surface area contributed by atoms with Gasteiger partial charge in [-0.3, -0.25) is 57.5 Å². The largest absolute Gasteiger partial charge is 0.480 e. The highest BCUT2D eigenvalue weighted by atomic mass is 16.4. The highest BCUT2D eigenvalue weighted by Crippen LogP contribution is 2.10. The fraction of sp³-hybridized carbons (Fsp3) is 0.596. The Labute approximate surface area is 439 Å². The van der Waals surface area contributed by atoms with Crippen molar-refractivity contribution in [1.29, 1.82) is 0 Å². The van der Waals surface area contributed by atoms with Crippen molar-refractivity contribution in [1.82, 2.24) is 47.9 Å². The van der Waals surface area contributed by atoms with Gasteiger partial charge in [-0.25, -0.2) is 4.79 Å². The van der Waals surface area contributed by atoms with Crippen molar-refractivity contribution in [3.63, 3.8) is 0 Å². The third kappa shape index (κ3) is 27.0. The molecule has 12 amide bonds. The highest BCUT2D eigenvalue weighted by Gasteiger charge is 2.34. The molecule has 0 aliphatic rings. The Hall–Kier alpha value is -7.79. The number of rotatable bonds is 37. The molecule has 0 radical (unpaired) electrons. The van der Waals surface area contributed by atoms with Crippen molar-refractivity contribution < 1.29 is 72.5 Å². The minimum Gasteiger partial charge on any atom is -0.480 e. The van der Waals surface area contributed by atoms with E-state index in [-0.39, 0.29) is 37.6 Å². The highest BCUT2D eigenvalue weighted by molar-refractivity contribution is 5.99. The molecule has 0 saturated heterocycles. The minimum absolute atomic E-state index is 0.0274. The van der Waals surface area contributed by atoms with Gasteiger partial charge in [0.05, 0.1) is 38.6 Å². The summed E-state index contributed by atoms with van der Waals surface area (Å²) in [5, 5.41) is 40.2. The molecule has 0 spiro atoms. The van der Waals surface area contributed by atoms with Gasteiger partial charge >= 0.3 is 5.97 Å². The van der Waals surface area contributed by atoms with Gasteiger partial charge < -0.3 is 86.7 Å². The fourth-order valence-electron chi connectivity index (χ4n) is 7.12.